The second kappa shape index (κ2) is 13.9. The first-order valence-electron chi connectivity index (χ1n) is 12.3. The van der Waals surface area contributed by atoms with Gasteiger partial charge in [-0.2, -0.15) is 0 Å². The fraction of sp³-hybridized carbons (Fsp3) is 0.577. The Morgan fingerprint density at radius 3 is 2.41 bits per heavy atom. The number of benzene rings is 1. The van der Waals surface area contributed by atoms with Crippen LogP contribution in [-0.2, 0) is 14.4 Å². The van der Waals surface area contributed by atoms with E-state index in [2.05, 4.69) is 5.32 Å². The Morgan fingerprint density at radius 1 is 1.15 bits per heavy atom. The summed E-state index contributed by atoms with van der Waals surface area (Å²) in [5.41, 5.74) is 2.66. The topological polar surface area (TPSA) is 102 Å². The molecule has 0 aliphatic carbocycles. The number of hydrogen-bond acceptors (Lipinski definition) is 5. The van der Waals surface area contributed by atoms with Crippen molar-refractivity contribution in [2.75, 3.05) is 13.1 Å². The van der Waals surface area contributed by atoms with Gasteiger partial charge in [-0.05, 0) is 49.6 Å². The van der Waals surface area contributed by atoms with E-state index in [0.29, 0.717) is 25.3 Å². The molecule has 1 aromatic rings. The standard InChI is InChI=1S/C26H40N4O4/c1-19(2)15-16-24(31)30(29(18-20(3)4)26(33)22-13-9-17-27-22)23(25(32)28-34)14-8-12-21-10-6-5-7-11-21/h5-8,10-12,19-20,22-23,27,34H,9,13-18H2,1-4H3,(H,28,32)/t22-,23+/m1/s1. The summed E-state index contributed by atoms with van der Waals surface area (Å²) in [7, 11) is 0. The lowest BCUT2D eigenvalue weighted by Gasteiger charge is -2.41. The maximum Gasteiger partial charge on any atom is 0.268 e. The molecule has 2 atom stereocenters. The zero-order valence-electron chi connectivity index (χ0n) is 20.9. The molecule has 3 amide bonds. The largest absolute Gasteiger partial charge is 0.306 e. The number of amides is 3. The lowest BCUT2D eigenvalue weighted by atomic mass is 10.1. The Bertz CT molecular complexity index is 819. The molecule has 0 aromatic heterocycles. The lowest BCUT2D eigenvalue weighted by molar-refractivity contribution is -0.176. The van der Waals surface area contributed by atoms with Gasteiger partial charge in [-0.3, -0.25) is 19.6 Å². The summed E-state index contributed by atoms with van der Waals surface area (Å²) >= 11 is 0. The number of nitrogens with one attached hydrogen (secondary N) is 2. The summed E-state index contributed by atoms with van der Waals surface area (Å²) in [6, 6.07) is 8.16. The van der Waals surface area contributed by atoms with Crippen LogP contribution in [0, 0.1) is 11.8 Å². The molecule has 0 spiro atoms. The molecule has 188 valence electrons. The highest BCUT2D eigenvalue weighted by Gasteiger charge is 2.39. The number of hydrogen-bond donors (Lipinski definition) is 3. The maximum absolute atomic E-state index is 13.5. The molecule has 34 heavy (non-hydrogen) atoms. The monoisotopic (exact) mass is 472 g/mol. The number of hydroxylamine groups is 1. The minimum absolute atomic E-state index is 0.0726. The summed E-state index contributed by atoms with van der Waals surface area (Å²) in [5, 5.41) is 15.4. The molecule has 0 unspecified atom stereocenters. The highest BCUT2D eigenvalue weighted by Crippen LogP contribution is 2.20. The molecule has 8 heteroatoms. The van der Waals surface area contributed by atoms with Gasteiger partial charge >= 0.3 is 0 Å². The Kier molecular flexibility index (Phi) is 11.2. The predicted octanol–water partition coefficient (Wildman–Crippen LogP) is 3.38. The van der Waals surface area contributed by atoms with E-state index in [9.17, 15) is 19.6 Å². The molecule has 1 aliphatic heterocycles. The van der Waals surface area contributed by atoms with Crippen LogP contribution in [0.25, 0.3) is 6.08 Å². The number of carbonyl (C=O) groups is 3. The second-order valence-corrected chi connectivity index (χ2v) is 9.67. The van der Waals surface area contributed by atoms with Gasteiger partial charge in [-0.15, -0.1) is 0 Å². The molecule has 1 aliphatic rings. The van der Waals surface area contributed by atoms with Gasteiger partial charge in [-0.1, -0.05) is 70.2 Å². The smallest absolute Gasteiger partial charge is 0.268 e. The van der Waals surface area contributed by atoms with Crippen LogP contribution in [0.2, 0.25) is 0 Å². The normalized spacial score (nSPS) is 16.7. The Morgan fingerprint density at radius 2 is 1.85 bits per heavy atom. The summed E-state index contributed by atoms with van der Waals surface area (Å²) in [6.07, 6.45) is 6.21. The molecule has 1 fully saturated rings. The molecule has 1 saturated heterocycles. The van der Waals surface area contributed by atoms with Gasteiger partial charge in [0.2, 0.25) is 5.91 Å². The third kappa shape index (κ3) is 8.25. The van der Waals surface area contributed by atoms with Crippen molar-refractivity contribution in [1.29, 1.82) is 0 Å². The molecule has 0 bridgehead atoms. The molecule has 0 saturated carbocycles. The van der Waals surface area contributed by atoms with Crippen LogP contribution in [0.5, 0.6) is 0 Å². The van der Waals surface area contributed by atoms with Crippen molar-refractivity contribution >= 4 is 23.8 Å². The molecule has 0 radical (unpaired) electrons. The number of rotatable bonds is 11. The van der Waals surface area contributed by atoms with E-state index < -0.39 is 18.0 Å². The fourth-order valence-electron chi connectivity index (χ4n) is 4.00. The van der Waals surface area contributed by atoms with Gasteiger partial charge in [0, 0.05) is 13.0 Å². The fourth-order valence-corrected chi connectivity index (χ4v) is 4.00. The summed E-state index contributed by atoms with van der Waals surface area (Å²) in [6.45, 7) is 9.02. The number of carbonyl (C=O) groups excluding carboxylic acids is 3. The minimum atomic E-state index is -1.06. The highest BCUT2D eigenvalue weighted by atomic mass is 16.5. The third-order valence-electron chi connectivity index (χ3n) is 5.78. The zero-order chi connectivity index (χ0) is 25.1. The predicted molar refractivity (Wildman–Crippen MR) is 132 cm³/mol. The minimum Gasteiger partial charge on any atom is -0.306 e. The van der Waals surface area contributed by atoms with Crippen molar-refractivity contribution in [3.05, 3.63) is 42.0 Å². The van der Waals surface area contributed by atoms with E-state index in [0.717, 1.165) is 18.5 Å². The molecule has 1 heterocycles. The second-order valence-electron chi connectivity index (χ2n) is 9.67. The van der Waals surface area contributed by atoms with Gasteiger partial charge in [-0.25, -0.2) is 15.5 Å². The zero-order valence-corrected chi connectivity index (χ0v) is 20.9. The first kappa shape index (κ1) is 27.5. The molecular formula is C26H40N4O4. The van der Waals surface area contributed by atoms with Crippen LogP contribution in [0.4, 0.5) is 0 Å². The quantitative estimate of drug-likeness (QED) is 0.339. The van der Waals surface area contributed by atoms with Crippen molar-refractivity contribution < 1.29 is 19.6 Å². The third-order valence-corrected chi connectivity index (χ3v) is 5.78. The molecule has 3 N–H and O–H groups in total. The van der Waals surface area contributed by atoms with Gasteiger partial charge in [0.25, 0.3) is 11.8 Å². The number of nitrogens with zero attached hydrogens (tertiary/aromatic N) is 2. The van der Waals surface area contributed by atoms with E-state index in [1.165, 1.54) is 10.0 Å². The van der Waals surface area contributed by atoms with E-state index in [4.69, 9.17) is 0 Å². The van der Waals surface area contributed by atoms with Crippen LogP contribution in [0.15, 0.2) is 36.4 Å². The maximum atomic E-state index is 13.5. The Balaban J connectivity index is 2.42. The lowest BCUT2D eigenvalue weighted by Crippen LogP contribution is -2.62. The van der Waals surface area contributed by atoms with Crippen molar-refractivity contribution in [3.63, 3.8) is 0 Å². The van der Waals surface area contributed by atoms with Gasteiger partial charge < -0.3 is 5.32 Å². The highest BCUT2D eigenvalue weighted by molar-refractivity contribution is 5.90. The van der Waals surface area contributed by atoms with Gasteiger partial charge in [0.15, 0.2) is 0 Å². The Labute approximate surface area is 203 Å². The van der Waals surface area contributed by atoms with E-state index in [1.807, 2.05) is 64.1 Å². The molecule has 1 aromatic carbocycles. The van der Waals surface area contributed by atoms with Crippen molar-refractivity contribution in [2.45, 2.75) is 71.9 Å². The van der Waals surface area contributed by atoms with Crippen molar-refractivity contribution in [1.82, 2.24) is 20.8 Å². The van der Waals surface area contributed by atoms with Crippen LogP contribution in [0.1, 0.15) is 65.4 Å². The first-order chi connectivity index (χ1) is 16.2. The van der Waals surface area contributed by atoms with Crippen LogP contribution in [-0.4, -0.2) is 58.1 Å². The van der Waals surface area contributed by atoms with Gasteiger partial charge in [0.1, 0.15) is 6.04 Å². The molecular weight excluding hydrogens is 432 g/mol. The van der Waals surface area contributed by atoms with Crippen molar-refractivity contribution in [3.8, 4) is 0 Å². The average molecular weight is 473 g/mol. The van der Waals surface area contributed by atoms with E-state index in [-0.39, 0.29) is 30.6 Å². The van der Waals surface area contributed by atoms with E-state index in [1.54, 1.807) is 11.6 Å². The Hall–Kier alpha value is -2.71. The summed E-state index contributed by atoms with van der Waals surface area (Å²) < 4.78 is 0. The average Bonchev–Trinajstić information content (AvgIpc) is 3.35. The molecule has 2 rings (SSSR count). The van der Waals surface area contributed by atoms with Crippen LogP contribution < -0.4 is 10.8 Å². The van der Waals surface area contributed by atoms with Crippen LogP contribution >= 0.6 is 0 Å². The SMILES string of the molecule is CC(C)CCC(=O)N([C@@H](CC=Cc1ccccc1)C(=O)NO)N(CC(C)C)C(=O)[C@H]1CCCN1. The van der Waals surface area contributed by atoms with Crippen LogP contribution in [0.3, 0.4) is 0 Å². The molecule has 8 nitrogen and oxygen atoms in total. The first-order valence-corrected chi connectivity index (χ1v) is 12.3. The summed E-state index contributed by atoms with van der Waals surface area (Å²) in [5.74, 6) is -0.881. The van der Waals surface area contributed by atoms with E-state index >= 15 is 0 Å². The van der Waals surface area contributed by atoms with Gasteiger partial charge in [0.05, 0.1) is 6.04 Å². The summed E-state index contributed by atoms with van der Waals surface area (Å²) in [4.78, 5) is 39.9. The van der Waals surface area contributed by atoms with Crippen molar-refractivity contribution in [2.24, 2.45) is 11.8 Å². The number of hydrazine groups is 1.